The topological polar surface area (TPSA) is 92.5 Å². The summed E-state index contributed by atoms with van der Waals surface area (Å²) in [6.07, 6.45) is 3.86. The summed E-state index contributed by atoms with van der Waals surface area (Å²) in [7, 11) is -3.83. The SMILES string of the molecule is CSCC[C@H](N)C(=O)N1CCCC(NS(=O)(=O)c2cccc(F)c2)C1. The van der Waals surface area contributed by atoms with Gasteiger partial charge < -0.3 is 10.6 Å². The van der Waals surface area contributed by atoms with E-state index in [9.17, 15) is 17.6 Å². The van der Waals surface area contributed by atoms with Gasteiger partial charge in [0.2, 0.25) is 15.9 Å². The molecule has 1 aromatic rings. The van der Waals surface area contributed by atoms with E-state index in [1.807, 2.05) is 6.26 Å². The zero-order chi connectivity index (χ0) is 18.4. The monoisotopic (exact) mass is 389 g/mol. The third-order valence-corrected chi connectivity index (χ3v) is 6.27. The third-order valence-electron chi connectivity index (χ3n) is 4.11. The van der Waals surface area contributed by atoms with Crippen LogP contribution in [0.15, 0.2) is 29.2 Å². The number of carbonyl (C=O) groups is 1. The molecule has 0 bridgehead atoms. The molecule has 1 aliphatic heterocycles. The molecule has 1 amide bonds. The molecule has 140 valence electrons. The Kier molecular flexibility index (Phi) is 7.24. The normalized spacial score (nSPS) is 19.6. The van der Waals surface area contributed by atoms with Gasteiger partial charge in [0, 0.05) is 19.1 Å². The first-order valence-corrected chi connectivity index (χ1v) is 11.0. The minimum atomic E-state index is -3.83. The molecule has 0 saturated carbocycles. The highest BCUT2D eigenvalue weighted by molar-refractivity contribution is 7.98. The van der Waals surface area contributed by atoms with Gasteiger partial charge in [-0.3, -0.25) is 4.79 Å². The number of halogens is 1. The number of amides is 1. The van der Waals surface area contributed by atoms with Crippen molar-refractivity contribution in [3.05, 3.63) is 30.1 Å². The number of hydrogen-bond donors (Lipinski definition) is 2. The van der Waals surface area contributed by atoms with Gasteiger partial charge in [-0.05, 0) is 49.5 Å². The molecule has 0 spiro atoms. The van der Waals surface area contributed by atoms with Gasteiger partial charge in [0.05, 0.1) is 10.9 Å². The summed E-state index contributed by atoms with van der Waals surface area (Å²) < 4.78 is 40.6. The Morgan fingerprint density at radius 1 is 1.52 bits per heavy atom. The molecule has 0 aromatic heterocycles. The number of nitrogens with one attached hydrogen (secondary N) is 1. The van der Waals surface area contributed by atoms with Crippen molar-refractivity contribution in [3.8, 4) is 0 Å². The molecule has 1 heterocycles. The molecule has 1 fully saturated rings. The van der Waals surface area contributed by atoms with Crippen LogP contribution in [0.25, 0.3) is 0 Å². The van der Waals surface area contributed by atoms with Gasteiger partial charge in [0.15, 0.2) is 0 Å². The zero-order valence-electron chi connectivity index (χ0n) is 14.2. The summed E-state index contributed by atoms with van der Waals surface area (Å²) in [5.74, 6) is 0.0444. The van der Waals surface area contributed by atoms with Gasteiger partial charge in [-0.15, -0.1) is 0 Å². The number of benzene rings is 1. The van der Waals surface area contributed by atoms with Gasteiger partial charge in [-0.1, -0.05) is 6.07 Å². The summed E-state index contributed by atoms with van der Waals surface area (Å²) in [4.78, 5) is 13.9. The Labute approximate surface area is 152 Å². The molecule has 1 saturated heterocycles. The highest BCUT2D eigenvalue weighted by atomic mass is 32.2. The lowest BCUT2D eigenvalue weighted by molar-refractivity contribution is -0.133. The van der Waals surface area contributed by atoms with Crippen LogP contribution in [-0.4, -0.2) is 56.4 Å². The van der Waals surface area contributed by atoms with Gasteiger partial charge in [-0.25, -0.2) is 17.5 Å². The predicted octanol–water partition coefficient (Wildman–Crippen LogP) is 1.18. The fourth-order valence-corrected chi connectivity index (χ4v) is 4.58. The number of carbonyl (C=O) groups excluding carboxylic acids is 1. The lowest BCUT2D eigenvalue weighted by Crippen LogP contribution is -2.53. The van der Waals surface area contributed by atoms with E-state index < -0.39 is 27.9 Å². The van der Waals surface area contributed by atoms with Crippen LogP contribution in [0.1, 0.15) is 19.3 Å². The Bertz CT molecular complexity index is 700. The number of hydrogen-bond acceptors (Lipinski definition) is 5. The van der Waals surface area contributed by atoms with Crippen LogP contribution in [0.3, 0.4) is 0 Å². The molecule has 1 unspecified atom stereocenters. The van der Waals surface area contributed by atoms with Crippen molar-refractivity contribution in [3.63, 3.8) is 0 Å². The second-order valence-corrected chi connectivity index (χ2v) is 8.79. The minimum absolute atomic E-state index is 0.118. The van der Waals surface area contributed by atoms with E-state index >= 15 is 0 Å². The van der Waals surface area contributed by atoms with Crippen LogP contribution in [-0.2, 0) is 14.8 Å². The summed E-state index contributed by atoms with van der Waals surface area (Å²) in [5.41, 5.74) is 5.93. The van der Waals surface area contributed by atoms with Crippen molar-refractivity contribution >= 4 is 27.7 Å². The molecule has 0 radical (unpaired) electrons. The molecule has 1 aliphatic rings. The lowest BCUT2D eigenvalue weighted by Gasteiger charge is -2.34. The summed E-state index contributed by atoms with van der Waals surface area (Å²) in [6, 6.07) is 3.90. The van der Waals surface area contributed by atoms with Crippen molar-refractivity contribution in [1.82, 2.24) is 9.62 Å². The maximum atomic E-state index is 13.3. The van der Waals surface area contributed by atoms with Crippen molar-refractivity contribution in [1.29, 1.82) is 0 Å². The van der Waals surface area contributed by atoms with Crippen LogP contribution < -0.4 is 10.5 Å². The Balaban J connectivity index is 2.00. The van der Waals surface area contributed by atoms with E-state index in [0.717, 1.165) is 11.8 Å². The first kappa shape index (κ1) is 20.2. The van der Waals surface area contributed by atoms with E-state index in [1.165, 1.54) is 18.2 Å². The Morgan fingerprint density at radius 3 is 2.96 bits per heavy atom. The number of nitrogens with two attached hydrogens (primary N) is 1. The highest BCUT2D eigenvalue weighted by Gasteiger charge is 2.29. The molecule has 1 aromatic carbocycles. The number of rotatable bonds is 7. The smallest absolute Gasteiger partial charge is 0.240 e. The van der Waals surface area contributed by atoms with Crippen LogP contribution >= 0.6 is 11.8 Å². The number of nitrogens with zero attached hydrogens (tertiary/aromatic N) is 1. The van der Waals surface area contributed by atoms with Crippen LogP contribution in [0, 0.1) is 5.82 Å². The van der Waals surface area contributed by atoms with E-state index in [-0.39, 0.29) is 17.3 Å². The van der Waals surface area contributed by atoms with Gasteiger partial charge in [-0.2, -0.15) is 11.8 Å². The van der Waals surface area contributed by atoms with Crippen LogP contribution in [0.5, 0.6) is 0 Å². The van der Waals surface area contributed by atoms with Gasteiger partial charge in [0.1, 0.15) is 5.82 Å². The summed E-state index contributed by atoms with van der Waals surface area (Å²) in [6.45, 7) is 0.852. The molecule has 0 aliphatic carbocycles. The van der Waals surface area contributed by atoms with Crippen molar-refractivity contribution < 1.29 is 17.6 Å². The van der Waals surface area contributed by atoms with Crippen molar-refractivity contribution in [2.45, 2.75) is 36.2 Å². The molecule has 3 N–H and O–H groups in total. The number of piperidine rings is 1. The predicted molar refractivity (Wildman–Crippen MR) is 97.3 cm³/mol. The summed E-state index contributed by atoms with van der Waals surface area (Å²) >= 11 is 1.63. The first-order valence-electron chi connectivity index (χ1n) is 8.14. The number of thioether (sulfide) groups is 1. The van der Waals surface area contributed by atoms with Crippen molar-refractivity contribution in [2.75, 3.05) is 25.1 Å². The molecular formula is C16H24FN3O3S2. The molecular weight excluding hydrogens is 365 g/mol. The highest BCUT2D eigenvalue weighted by Crippen LogP contribution is 2.16. The maximum Gasteiger partial charge on any atom is 0.240 e. The number of likely N-dealkylation sites (tertiary alicyclic amines) is 1. The average molecular weight is 390 g/mol. The molecule has 2 rings (SSSR count). The Morgan fingerprint density at radius 2 is 2.28 bits per heavy atom. The lowest BCUT2D eigenvalue weighted by atomic mass is 10.1. The average Bonchev–Trinajstić information content (AvgIpc) is 2.59. The molecule has 6 nitrogen and oxygen atoms in total. The molecule has 2 atom stereocenters. The fraction of sp³-hybridized carbons (Fsp3) is 0.562. The standard InChI is InChI=1S/C16H24FN3O3S2/c1-24-9-7-15(18)16(21)20-8-3-5-13(11-20)19-25(22,23)14-6-2-4-12(17)10-14/h2,4,6,10,13,15,19H,3,5,7-9,11,18H2,1H3/t13?,15-/m0/s1. The van der Waals surface area contributed by atoms with Crippen LogP contribution in [0.4, 0.5) is 4.39 Å². The molecule has 25 heavy (non-hydrogen) atoms. The van der Waals surface area contributed by atoms with E-state index in [4.69, 9.17) is 5.73 Å². The van der Waals surface area contributed by atoms with E-state index in [1.54, 1.807) is 16.7 Å². The zero-order valence-corrected chi connectivity index (χ0v) is 15.8. The third kappa shape index (κ3) is 5.67. The second-order valence-electron chi connectivity index (χ2n) is 6.09. The summed E-state index contributed by atoms with van der Waals surface area (Å²) in [5, 5.41) is 0. The van der Waals surface area contributed by atoms with E-state index in [0.29, 0.717) is 25.8 Å². The fourth-order valence-electron chi connectivity index (χ4n) is 2.80. The quantitative estimate of drug-likeness (QED) is 0.730. The molecule has 9 heteroatoms. The number of sulfonamides is 1. The van der Waals surface area contributed by atoms with E-state index in [2.05, 4.69) is 4.72 Å². The Hall–Kier alpha value is -1.16. The minimum Gasteiger partial charge on any atom is -0.340 e. The first-order chi connectivity index (χ1) is 11.8. The van der Waals surface area contributed by atoms with Gasteiger partial charge >= 0.3 is 0 Å². The van der Waals surface area contributed by atoms with Crippen LogP contribution in [0.2, 0.25) is 0 Å². The second kappa shape index (κ2) is 8.98. The van der Waals surface area contributed by atoms with Gasteiger partial charge in [0.25, 0.3) is 0 Å². The largest absolute Gasteiger partial charge is 0.340 e. The van der Waals surface area contributed by atoms with Crippen molar-refractivity contribution in [2.24, 2.45) is 5.73 Å². The maximum absolute atomic E-state index is 13.3.